The molecule has 2 heterocycles. The number of halogens is 2. The summed E-state index contributed by atoms with van der Waals surface area (Å²) in [6.07, 6.45) is 1.24. The molecule has 0 bridgehead atoms. The topological polar surface area (TPSA) is 77.8 Å². The molecule has 0 saturated heterocycles. The molecule has 0 spiro atoms. The lowest BCUT2D eigenvalue weighted by Gasteiger charge is -2.07. The molecule has 0 radical (unpaired) electrons. The average Bonchev–Trinajstić information content (AvgIpc) is 3.03. The Labute approximate surface area is 129 Å². The van der Waals surface area contributed by atoms with Gasteiger partial charge in [-0.3, -0.25) is 4.98 Å². The van der Waals surface area contributed by atoms with E-state index in [0.29, 0.717) is 18.2 Å². The van der Waals surface area contributed by atoms with Crippen molar-refractivity contribution in [1.29, 1.82) is 0 Å². The smallest absolute Gasteiger partial charge is 0.387 e. The largest absolute Gasteiger partial charge is 0.433 e. The molecule has 0 aliphatic rings. The van der Waals surface area contributed by atoms with Crippen molar-refractivity contribution in [2.24, 2.45) is 0 Å². The second kappa shape index (κ2) is 6.77. The van der Waals surface area contributed by atoms with Gasteiger partial charge >= 0.3 is 6.61 Å². The number of tetrazole rings is 1. The highest BCUT2D eigenvalue weighted by atomic mass is 19.3. The Balaban J connectivity index is 1.66. The highest BCUT2D eigenvalue weighted by molar-refractivity contribution is 5.38. The van der Waals surface area contributed by atoms with E-state index in [4.69, 9.17) is 0 Å². The fraction of sp³-hybridized carbons (Fsp3) is 0.143. The number of rotatable bonds is 6. The van der Waals surface area contributed by atoms with Crippen LogP contribution in [0.3, 0.4) is 0 Å². The average molecular weight is 318 g/mol. The molecule has 7 nitrogen and oxygen atoms in total. The van der Waals surface area contributed by atoms with E-state index in [9.17, 15) is 8.78 Å². The van der Waals surface area contributed by atoms with Gasteiger partial charge in [0.25, 0.3) is 0 Å². The monoisotopic (exact) mass is 318 g/mol. The van der Waals surface area contributed by atoms with Gasteiger partial charge in [0.05, 0.1) is 24.1 Å². The summed E-state index contributed by atoms with van der Waals surface area (Å²) < 4.78 is 29.9. The minimum atomic E-state index is -2.86. The second-order valence-electron chi connectivity index (χ2n) is 4.47. The Morgan fingerprint density at radius 2 is 1.96 bits per heavy atom. The number of para-hydroxylation sites is 1. The number of pyridine rings is 1. The lowest BCUT2D eigenvalue weighted by atomic mass is 10.3. The van der Waals surface area contributed by atoms with Gasteiger partial charge in [-0.15, -0.1) is 0 Å². The zero-order chi connectivity index (χ0) is 16.1. The molecule has 0 aliphatic heterocycles. The summed E-state index contributed by atoms with van der Waals surface area (Å²) in [5.74, 6) is 0.462. The highest BCUT2D eigenvalue weighted by Crippen LogP contribution is 2.14. The molecule has 0 fully saturated rings. The molecule has 0 aliphatic carbocycles. The molecular formula is C14H12F2N6O. The highest BCUT2D eigenvalue weighted by Gasteiger charge is 2.08. The molecule has 0 atom stereocenters. The summed E-state index contributed by atoms with van der Waals surface area (Å²) in [7, 11) is 0. The number of nitrogens with one attached hydrogen (secondary N) is 1. The van der Waals surface area contributed by atoms with Gasteiger partial charge in [-0.25, -0.2) is 0 Å². The standard InChI is InChI=1S/C14H12F2N6O/c15-13(16)23-12-7-6-10(17-9-12)8-18-14-19-20-21-22(14)11-4-2-1-3-5-11/h1-7,9,13H,8H2,(H,18,19,21). The van der Waals surface area contributed by atoms with Crippen LogP contribution >= 0.6 is 0 Å². The number of alkyl halides is 2. The third-order valence-corrected chi connectivity index (χ3v) is 2.92. The van der Waals surface area contributed by atoms with Crippen molar-refractivity contribution < 1.29 is 13.5 Å². The van der Waals surface area contributed by atoms with Crippen molar-refractivity contribution in [3.63, 3.8) is 0 Å². The first-order chi connectivity index (χ1) is 11.2. The van der Waals surface area contributed by atoms with E-state index in [1.165, 1.54) is 12.3 Å². The Hall–Kier alpha value is -3.10. The number of benzene rings is 1. The number of nitrogens with zero attached hydrogens (tertiary/aromatic N) is 5. The summed E-state index contributed by atoms with van der Waals surface area (Å²) >= 11 is 0. The first-order valence-electron chi connectivity index (χ1n) is 6.70. The van der Waals surface area contributed by atoms with E-state index in [1.54, 1.807) is 10.7 Å². The van der Waals surface area contributed by atoms with Gasteiger partial charge in [0.1, 0.15) is 5.75 Å². The van der Waals surface area contributed by atoms with Crippen LogP contribution in [0.25, 0.3) is 5.69 Å². The summed E-state index contributed by atoms with van der Waals surface area (Å²) in [5, 5.41) is 14.5. The minimum Gasteiger partial charge on any atom is -0.433 e. The maximum Gasteiger partial charge on any atom is 0.387 e. The van der Waals surface area contributed by atoms with Gasteiger partial charge in [0.2, 0.25) is 5.95 Å². The quantitative estimate of drug-likeness (QED) is 0.751. The summed E-state index contributed by atoms with van der Waals surface area (Å²) in [5.41, 5.74) is 1.45. The fourth-order valence-electron chi connectivity index (χ4n) is 1.90. The molecule has 1 N–H and O–H groups in total. The Morgan fingerprint density at radius 1 is 1.13 bits per heavy atom. The Morgan fingerprint density at radius 3 is 2.65 bits per heavy atom. The molecule has 118 valence electrons. The molecule has 0 unspecified atom stereocenters. The third kappa shape index (κ3) is 3.76. The van der Waals surface area contributed by atoms with Gasteiger partial charge < -0.3 is 10.1 Å². The van der Waals surface area contributed by atoms with Crippen molar-refractivity contribution in [1.82, 2.24) is 25.2 Å². The van der Waals surface area contributed by atoms with E-state index in [2.05, 4.69) is 30.6 Å². The lowest BCUT2D eigenvalue weighted by Crippen LogP contribution is -2.08. The van der Waals surface area contributed by atoms with Crippen molar-refractivity contribution in [2.45, 2.75) is 13.2 Å². The Bertz CT molecular complexity index is 747. The SMILES string of the molecule is FC(F)Oc1ccc(CNc2nnnn2-c2ccccc2)nc1. The maximum absolute atomic E-state index is 12.1. The normalized spacial score (nSPS) is 10.7. The number of hydrogen-bond donors (Lipinski definition) is 1. The van der Waals surface area contributed by atoms with E-state index in [0.717, 1.165) is 5.69 Å². The van der Waals surface area contributed by atoms with Crippen LogP contribution in [0.15, 0.2) is 48.7 Å². The molecule has 3 aromatic rings. The van der Waals surface area contributed by atoms with Gasteiger partial charge in [0, 0.05) is 0 Å². The molecule has 23 heavy (non-hydrogen) atoms. The maximum atomic E-state index is 12.1. The van der Waals surface area contributed by atoms with Crippen LogP contribution < -0.4 is 10.1 Å². The molecule has 0 amide bonds. The summed E-state index contributed by atoms with van der Waals surface area (Å²) in [6, 6.07) is 12.4. The first-order valence-corrected chi connectivity index (χ1v) is 6.70. The predicted molar refractivity (Wildman–Crippen MR) is 77.3 cm³/mol. The van der Waals surface area contributed by atoms with Crippen LogP contribution in [0, 0.1) is 0 Å². The number of hydrogen-bond acceptors (Lipinski definition) is 6. The zero-order valence-electron chi connectivity index (χ0n) is 11.8. The number of aromatic nitrogens is 5. The lowest BCUT2D eigenvalue weighted by molar-refractivity contribution is -0.0500. The molecular weight excluding hydrogens is 306 g/mol. The first kappa shape index (κ1) is 14.8. The van der Waals surface area contributed by atoms with Crippen LogP contribution in [0.2, 0.25) is 0 Å². The van der Waals surface area contributed by atoms with Gasteiger partial charge in [0.15, 0.2) is 0 Å². The van der Waals surface area contributed by atoms with E-state index < -0.39 is 6.61 Å². The Kier molecular flexibility index (Phi) is 4.37. The predicted octanol–water partition coefficient (Wildman–Crippen LogP) is 2.27. The molecule has 1 aromatic carbocycles. The van der Waals surface area contributed by atoms with Gasteiger partial charge in [-0.1, -0.05) is 23.3 Å². The summed E-state index contributed by atoms with van der Waals surface area (Å²) in [4.78, 5) is 4.03. The number of ether oxygens (including phenoxy) is 1. The van der Waals surface area contributed by atoms with Crippen LogP contribution in [0.1, 0.15) is 5.69 Å². The molecule has 3 rings (SSSR count). The van der Waals surface area contributed by atoms with Crippen molar-refractivity contribution >= 4 is 5.95 Å². The van der Waals surface area contributed by atoms with Crippen LogP contribution in [0.4, 0.5) is 14.7 Å². The van der Waals surface area contributed by atoms with Crippen LogP contribution in [0.5, 0.6) is 5.75 Å². The van der Waals surface area contributed by atoms with Gasteiger partial charge in [-0.05, 0) is 34.7 Å². The van der Waals surface area contributed by atoms with Crippen molar-refractivity contribution in [3.8, 4) is 11.4 Å². The van der Waals surface area contributed by atoms with Gasteiger partial charge in [-0.2, -0.15) is 13.5 Å². The zero-order valence-corrected chi connectivity index (χ0v) is 11.8. The molecule has 9 heteroatoms. The molecule has 2 aromatic heterocycles. The second-order valence-corrected chi connectivity index (χ2v) is 4.47. The third-order valence-electron chi connectivity index (χ3n) is 2.92. The van der Waals surface area contributed by atoms with E-state index in [1.807, 2.05) is 30.3 Å². The van der Waals surface area contributed by atoms with Crippen LogP contribution in [-0.2, 0) is 6.54 Å². The van der Waals surface area contributed by atoms with E-state index in [-0.39, 0.29) is 5.75 Å². The fourth-order valence-corrected chi connectivity index (χ4v) is 1.90. The number of anilines is 1. The van der Waals surface area contributed by atoms with E-state index >= 15 is 0 Å². The molecule has 0 saturated carbocycles. The minimum absolute atomic E-state index is 0.0119. The summed E-state index contributed by atoms with van der Waals surface area (Å²) in [6.45, 7) is -2.53. The van der Waals surface area contributed by atoms with Crippen LogP contribution in [-0.4, -0.2) is 31.8 Å². The van der Waals surface area contributed by atoms with Crippen molar-refractivity contribution in [2.75, 3.05) is 5.32 Å². The van der Waals surface area contributed by atoms with Crippen molar-refractivity contribution in [3.05, 3.63) is 54.4 Å².